The van der Waals surface area contributed by atoms with Crippen molar-refractivity contribution in [3.8, 4) is 11.1 Å². The molecule has 0 N–H and O–H groups in total. The minimum absolute atomic E-state index is 0. The minimum Gasteiger partial charge on any atom is -0.206 e. The van der Waals surface area contributed by atoms with Gasteiger partial charge in [-0.15, -0.1) is 5.56 Å². The smallest absolute Gasteiger partial charge is 0.132 e. The van der Waals surface area contributed by atoms with Crippen molar-refractivity contribution in [3.05, 3.63) is 59.7 Å². The van der Waals surface area contributed by atoms with Crippen LogP contribution in [0, 0.1) is 35.5 Å². The van der Waals surface area contributed by atoms with Gasteiger partial charge in [-0.3, -0.25) is 0 Å². The van der Waals surface area contributed by atoms with Crippen molar-refractivity contribution in [1.82, 2.24) is 0 Å². The van der Waals surface area contributed by atoms with Crippen LogP contribution in [-0.2, 0) is 32.7 Å². The molecule has 0 unspecified atom stereocenters. The van der Waals surface area contributed by atoms with E-state index in [9.17, 15) is 8.78 Å². The quantitative estimate of drug-likeness (QED) is 0.419. The Morgan fingerprint density at radius 2 is 1.29 bits per heavy atom. The Balaban J connectivity index is 0.00000225. The van der Waals surface area contributed by atoms with E-state index in [4.69, 9.17) is 0 Å². The maximum Gasteiger partial charge on any atom is 0.132 e. The van der Waals surface area contributed by atoms with Crippen molar-refractivity contribution in [2.75, 3.05) is 0 Å². The summed E-state index contributed by atoms with van der Waals surface area (Å²) in [5, 5.41) is 0. The van der Waals surface area contributed by atoms with E-state index in [-0.39, 0.29) is 38.3 Å². The number of rotatable bonds is 3. The van der Waals surface area contributed by atoms with Gasteiger partial charge in [0.15, 0.2) is 0 Å². The molecule has 2 saturated carbocycles. The van der Waals surface area contributed by atoms with E-state index in [1.165, 1.54) is 38.5 Å². The maximum atomic E-state index is 14.7. The van der Waals surface area contributed by atoms with Gasteiger partial charge in [0.25, 0.3) is 0 Å². The maximum absolute atomic E-state index is 14.7. The van der Waals surface area contributed by atoms with E-state index in [0.29, 0.717) is 11.5 Å². The fourth-order valence-electron chi connectivity index (χ4n) is 5.34. The molecule has 28 heavy (non-hydrogen) atoms. The topological polar surface area (TPSA) is 0 Å². The molecule has 0 amide bonds. The van der Waals surface area contributed by atoms with Crippen LogP contribution in [-0.4, -0.2) is 0 Å². The van der Waals surface area contributed by atoms with Crippen LogP contribution in [0.25, 0.3) is 11.1 Å². The van der Waals surface area contributed by atoms with Crippen LogP contribution in [0.2, 0.25) is 0 Å². The third-order valence-electron chi connectivity index (χ3n) is 7.04. The van der Waals surface area contributed by atoms with Gasteiger partial charge in [-0.05, 0) is 79.9 Å². The largest absolute Gasteiger partial charge is 0.206 e. The van der Waals surface area contributed by atoms with Crippen LogP contribution in [0.4, 0.5) is 8.78 Å². The summed E-state index contributed by atoms with van der Waals surface area (Å²) in [6.45, 7) is 2.37. The van der Waals surface area contributed by atoms with Gasteiger partial charge in [0.1, 0.15) is 11.6 Å². The molecule has 0 heterocycles. The van der Waals surface area contributed by atoms with Crippen LogP contribution in [0.15, 0.2) is 36.4 Å². The molecule has 2 aromatic rings. The van der Waals surface area contributed by atoms with Crippen molar-refractivity contribution in [2.24, 2.45) is 17.8 Å². The third-order valence-corrected chi connectivity index (χ3v) is 7.04. The molecular formula is C25H29F2Y-. The van der Waals surface area contributed by atoms with Crippen LogP contribution < -0.4 is 0 Å². The fourth-order valence-corrected chi connectivity index (χ4v) is 5.34. The van der Waals surface area contributed by atoms with Gasteiger partial charge in [0.2, 0.25) is 0 Å². The van der Waals surface area contributed by atoms with Crippen molar-refractivity contribution < 1.29 is 41.5 Å². The SMILES string of the molecule is CC1CCC(C2CCC(c3cc(F)c(-c4cc[c-]cc4)c(F)c3)CC2)CC1.[Y]. The van der Waals surface area contributed by atoms with Gasteiger partial charge >= 0.3 is 0 Å². The Morgan fingerprint density at radius 1 is 0.786 bits per heavy atom. The predicted octanol–water partition coefficient (Wildman–Crippen LogP) is 7.53. The molecule has 2 fully saturated rings. The molecular weight excluding hydrogens is 427 g/mol. The van der Waals surface area contributed by atoms with Crippen LogP contribution in [0.5, 0.6) is 0 Å². The van der Waals surface area contributed by atoms with E-state index < -0.39 is 11.6 Å². The van der Waals surface area contributed by atoms with E-state index in [1.54, 1.807) is 36.4 Å². The second kappa shape index (κ2) is 9.94. The summed E-state index contributed by atoms with van der Waals surface area (Å²) in [5.74, 6) is 2.01. The Kier molecular flexibility index (Phi) is 7.84. The molecule has 0 saturated heterocycles. The standard InChI is InChI=1S/C25H29F2.Y/c1-17-7-9-18(10-8-17)19-11-13-20(14-12-19)22-15-23(26)25(24(27)16-22)21-5-3-2-4-6-21;/h3-6,15-20H,7-14H2,1H3;/q-1;. The molecule has 0 aliphatic heterocycles. The second-order valence-corrected chi connectivity index (χ2v) is 8.78. The number of halogens is 2. The first kappa shape index (κ1) is 22.1. The van der Waals surface area contributed by atoms with Gasteiger partial charge in [0, 0.05) is 38.3 Å². The van der Waals surface area contributed by atoms with Gasteiger partial charge < -0.3 is 0 Å². The summed E-state index contributed by atoms with van der Waals surface area (Å²) < 4.78 is 29.4. The van der Waals surface area contributed by atoms with Gasteiger partial charge in [0.05, 0.1) is 0 Å². The average molecular weight is 456 g/mol. The second-order valence-electron chi connectivity index (χ2n) is 8.78. The Hall–Kier alpha value is -0.596. The van der Waals surface area contributed by atoms with Gasteiger partial charge in [-0.25, -0.2) is 8.78 Å². The average Bonchev–Trinajstić information content (AvgIpc) is 2.69. The van der Waals surface area contributed by atoms with Crippen LogP contribution in [0.3, 0.4) is 0 Å². The molecule has 0 aromatic heterocycles. The molecule has 0 atom stereocenters. The normalized spacial score (nSPS) is 27.8. The molecule has 4 rings (SSSR count). The fraction of sp³-hybridized carbons (Fsp3) is 0.520. The zero-order valence-electron chi connectivity index (χ0n) is 16.8. The first-order valence-electron chi connectivity index (χ1n) is 10.6. The summed E-state index contributed by atoms with van der Waals surface area (Å²) in [4.78, 5) is 0. The molecule has 0 bridgehead atoms. The molecule has 2 aliphatic carbocycles. The van der Waals surface area contributed by atoms with E-state index in [2.05, 4.69) is 13.0 Å². The van der Waals surface area contributed by atoms with Crippen molar-refractivity contribution >= 4 is 0 Å². The Morgan fingerprint density at radius 3 is 1.82 bits per heavy atom. The Labute approximate surface area is 193 Å². The van der Waals surface area contributed by atoms with E-state index >= 15 is 0 Å². The van der Waals surface area contributed by atoms with Gasteiger partial charge in [-0.2, -0.15) is 30.3 Å². The van der Waals surface area contributed by atoms with Crippen molar-refractivity contribution in [1.29, 1.82) is 0 Å². The summed E-state index contributed by atoms with van der Waals surface area (Å²) in [6.07, 6.45) is 10.1. The van der Waals surface area contributed by atoms with Gasteiger partial charge in [-0.1, -0.05) is 19.8 Å². The summed E-state index contributed by atoms with van der Waals surface area (Å²) in [6, 6.07) is 12.8. The summed E-state index contributed by atoms with van der Waals surface area (Å²) in [5.41, 5.74) is 1.50. The molecule has 2 aromatic carbocycles. The predicted molar refractivity (Wildman–Crippen MR) is 106 cm³/mol. The van der Waals surface area contributed by atoms with Crippen LogP contribution >= 0.6 is 0 Å². The minimum atomic E-state index is -0.445. The molecule has 0 spiro atoms. The number of hydrogen-bond acceptors (Lipinski definition) is 0. The summed E-state index contributed by atoms with van der Waals surface area (Å²) in [7, 11) is 0. The molecule has 0 nitrogen and oxygen atoms in total. The molecule has 3 heteroatoms. The monoisotopic (exact) mass is 456 g/mol. The third kappa shape index (κ3) is 4.93. The zero-order chi connectivity index (χ0) is 18.8. The van der Waals surface area contributed by atoms with Crippen molar-refractivity contribution in [2.45, 2.75) is 64.2 Å². The number of benzene rings is 2. The molecule has 1 radical (unpaired) electrons. The molecule has 2 aliphatic rings. The number of hydrogen-bond donors (Lipinski definition) is 0. The first-order valence-corrected chi connectivity index (χ1v) is 10.6. The first-order chi connectivity index (χ1) is 13.1. The van der Waals surface area contributed by atoms with Crippen molar-refractivity contribution in [3.63, 3.8) is 0 Å². The van der Waals surface area contributed by atoms with E-state index in [1.807, 2.05) is 0 Å². The zero-order valence-corrected chi connectivity index (χ0v) is 19.6. The van der Waals surface area contributed by atoms with E-state index in [0.717, 1.165) is 36.2 Å². The Bertz CT molecular complexity index is 734. The molecule has 147 valence electrons. The van der Waals surface area contributed by atoms with Crippen LogP contribution in [0.1, 0.15) is 69.8 Å². The summed E-state index contributed by atoms with van der Waals surface area (Å²) >= 11 is 0.